The standard InChI is InChI=1S/C33H36N2Si.C13H24O2.Ir/c1-21(2)29-26-12-10-9-11-23(26)19-27-31(29)35(5)33(3)28(20-24-17-18-34(4)32(27)30(24)33)22-13-15-25(16-14-22)36(6,7)8;1-5-10(6-2)12(14)9-13(15)11(7-3)8-4;/h9-18,20-21H,1-8H3;9-11,14H,5-8H2,1-4H3;/b;12-9-;. The summed E-state index contributed by atoms with van der Waals surface area (Å²) in [6.45, 7) is 22.4. The molecule has 0 fully saturated rings. The van der Waals surface area contributed by atoms with E-state index in [1.807, 2.05) is 27.7 Å². The third kappa shape index (κ3) is 7.41. The zero-order valence-corrected chi connectivity index (χ0v) is 37.0. The normalized spacial score (nSPS) is 16.4. The summed E-state index contributed by atoms with van der Waals surface area (Å²) >= 11 is 0. The maximum absolute atomic E-state index is 11.7. The average Bonchev–Trinajstić information content (AvgIpc) is 3.41. The average molecular weight is 893 g/mol. The number of carbonyl (C=O) groups is 1. The fourth-order valence-corrected chi connectivity index (χ4v) is 9.45. The van der Waals surface area contributed by atoms with Gasteiger partial charge in [-0.3, -0.25) is 4.79 Å². The molecule has 4 nitrogen and oxygen atoms in total. The summed E-state index contributed by atoms with van der Waals surface area (Å²) in [5.74, 6) is 0.940. The van der Waals surface area contributed by atoms with Crippen LogP contribution >= 0.6 is 0 Å². The van der Waals surface area contributed by atoms with E-state index >= 15 is 0 Å². The van der Waals surface area contributed by atoms with E-state index in [-0.39, 0.29) is 49.0 Å². The molecule has 0 amide bonds. The van der Waals surface area contributed by atoms with Crippen molar-refractivity contribution >= 4 is 47.2 Å². The smallest absolute Gasteiger partial charge is 0.162 e. The van der Waals surface area contributed by atoms with Crippen LogP contribution in [0.3, 0.4) is 0 Å². The van der Waals surface area contributed by atoms with Crippen LogP contribution in [0, 0.1) is 17.9 Å². The van der Waals surface area contributed by atoms with E-state index in [0.29, 0.717) is 5.92 Å². The minimum Gasteiger partial charge on any atom is -0.512 e. The topological polar surface area (TPSA) is 44.4 Å². The number of aliphatic hydroxyl groups excluding tert-OH is 1. The number of aryl methyl sites for hydroxylation is 1. The van der Waals surface area contributed by atoms with Crippen molar-refractivity contribution in [1.29, 1.82) is 0 Å². The molecule has 1 radical (unpaired) electrons. The summed E-state index contributed by atoms with van der Waals surface area (Å²) in [5, 5.41) is 13.8. The number of aliphatic hydroxyl groups is 1. The molecule has 52 heavy (non-hydrogen) atoms. The summed E-state index contributed by atoms with van der Waals surface area (Å²) in [7, 11) is 3.13. The molecule has 2 heterocycles. The minimum atomic E-state index is -1.35. The Hall–Kier alpha value is -3.31. The zero-order valence-electron chi connectivity index (χ0n) is 33.6. The van der Waals surface area contributed by atoms with Gasteiger partial charge in [0, 0.05) is 49.6 Å². The monoisotopic (exact) mass is 893 g/mol. The van der Waals surface area contributed by atoms with Crippen molar-refractivity contribution in [2.45, 2.75) is 105 Å². The van der Waals surface area contributed by atoms with Crippen LogP contribution < -0.4 is 14.7 Å². The number of ketones is 1. The van der Waals surface area contributed by atoms with Crippen LogP contribution in [0.2, 0.25) is 19.6 Å². The second-order valence-electron chi connectivity index (χ2n) is 16.1. The van der Waals surface area contributed by atoms with E-state index < -0.39 is 8.07 Å². The Morgan fingerprint density at radius 1 is 0.942 bits per heavy atom. The predicted molar refractivity (Wildman–Crippen MR) is 220 cm³/mol. The van der Waals surface area contributed by atoms with Gasteiger partial charge in [-0.25, -0.2) is 4.57 Å². The second-order valence-corrected chi connectivity index (χ2v) is 21.2. The van der Waals surface area contributed by atoms with Crippen LogP contribution in [0.25, 0.3) is 33.7 Å². The summed E-state index contributed by atoms with van der Waals surface area (Å²) in [6, 6.07) is 24.4. The number of carbonyl (C=O) groups excluding carboxylic acids is 1. The maximum atomic E-state index is 11.7. The van der Waals surface area contributed by atoms with E-state index in [4.69, 9.17) is 0 Å². The molecule has 4 aromatic rings. The summed E-state index contributed by atoms with van der Waals surface area (Å²) in [5.41, 5.74) is 10.4. The molecule has 1 aliphatic carbocycles. The molecule has 1 aromatic heterocycles. The molecular formula is C46H60IrN2O2Si. The number of likely N-dealkylation sites (N-methyl/N-ethyl adjacent to an activating group) is 1. The number of pyridine rings is 1. The first-order chi connectivity index (χ1) is 24.1. The van der Waals surface area contributed by atoms with Gasteiger partial charge in [0.2, 0.25) is 0 Å². The van der Waals surface area contributed by atoms with Gasteiger partial charge in [-0.05, 0) is 79.6 Å². The molecule has 6 rings (SSSR count). The fourth-order valence-electron chi connectivity index (χ4n) is 8.28. The van der Waals surface area contributed by atoms with E-state index in [9.17, 15) is 9.90 Å². The molecule has 0 saturated carbocycles. The molecule has 0 spiro atoms. The number of hydrogen-bond acceptors (Lipinski definition) is 3. The van der Waals surface area contributed by atoms with Crippen LogP contribution in [-0.2, 0) is 37.5 Å². The first kappa shape index (κ1) is 41.4. The largest absolute Gasteiger partial charge is 0.512 e. The molecule has 0 bridgehead atoms. The van der Waals surface area contributed by atoms with Gasteiger partial charge in [0.15, 0.2) is 17.7 Å². The molecule has 1 N–H and O–H groups in total. The summed E-state index contributed by atoms with van der Waals surface area (Å²) < 4.78 is 2.31. The van der Waals surface area contributed by atoms with Crippen molar-refractivity contribution in [1.82, 2.24) is 0 Å². The van der Waals surface area contributed by atoms with Crippen molar-refractivity contribution in [3.63, 3.8) is 0 Å². The van der Waals surface area contributed by atoms with Crippen molar-refractivity contribution in [3.8, 4) is 11.3 Å². The van der Waals surface area contributed by atoms with E-state index in [1.54, 1.807) is 0 Å². The molecule has 1 atom stereocenters. The van der Waals surface area contributed by atoms with Gasteiger partial charge in [0.1, 0.15) is 7.05 Å². The predicted octanol–water partition coefficient (Wildman–Crippen LogP) is 10.9. The number of anilines is 1. The number of hydrogen-bond donors (Lipinski definition) is 1. The quantitative estimate of drug-likeness (QED) is 0.0567. The van der Waals surface area contributed by atoms with Crippen LogP contribution in [0.15, 0.2) is 72.6 Å². The molecule has 6 heteroatoms. The van der Waals surface area contributed by atoms with Gasteiger partial charge in [-0.1, -0.05) is 120 Å². The van der Waals surface area contributed by atoms with E-state index in [2.05, 4.69) is 137 Å². The van der Waals surface area contributed by atoms with Crippen molar-refractivity contribution in [2.75, 3.05) is 11.9 Å². The van der Waals surface area contributed by atoms with E-state index in [1.165, 1.54) is 66.8 Å². The molecule has 0 saturated heterocycles. The van der Waals surface area contributed by atoms with Gasteiger partial charge in [0.25, 0.3) is 0 Å². The Labute approximate surface area is 328 Å². The Kier molecular flexibility index (Phi) is 13.0. The van der Waals surface area contributed by atoms with Crippen molar-refractivity contribution < 1.29 is 34.6 Å². The molecule has 1 aliphatic heterocycles. The van der Waals surface area contributed by atoms with Crippen molar-refractivity contribution in [3.05, 3.63) is 101 Å². The summed E-state index contributed by atoms with van der Waals surface area (Å²) in [6.07, 6.45) is 9.55. The Morgan fingerprint density at radius 3 is 2.10 bits per heavy atom. The Balaban J connectivity index is 0.000000323. The number of benzene rings is 3. The molecular weight excluding hydrogens is 833 g/mol. The van der Waals surface area contributed by atoms with Gasteiger partial charge < -0.3 is 10.0 Å². The zero-order chi connectivity index (χ0) is 37.4. The Morgan fingerprint density at radius 2 is 1.54 bits per heavy atom. The van der Waals surface area contributed by atoms with Gasteiger partial charge in [-0.15, -0.1) is 17.5 Å². The number of allylic oxidation sites excluding steroid dienone is 2. The molecule has 279 valence electrons. The first-order valence-corrected chi connectivity index (χ1v) is 22.7. The van der Waals surface area contributed by atoms with Crippen LogP contribution in [0.1, 0.15) is 102 Å². The second kappa shape index (κ2) is 16.4. The van der Waals surface area contributed by atoms with Crippen LogP contribution in [0.4, 0.5) is 5.69 Å². The number of aromatic nitrogens is 1. The maximum Gasteiger partial charge on any atom is 0.162 e. The first-order valence-electron chi connectivity index (χ1n) is 19.2. The van der Waals surface area contributed by atoms with Crippen molar-refractivity contribution in [2.24, 2.45) is 18.9 Å². The number of fused-ring (bicyclic) bond motifs is 3. The number of nitrogens with zero attached hydrogens (tertiary/aromatic N) is 2. The Bertz CT molecular complexity index is 1980. The van der Waals surface area contributed by atoms with Gasteiger partial charge >= 0.3 is 0 Å². The van der Waals surface area contributed by atoms with Crippen LogP contribution in [-0.4, -0.2) is 26.0 Å². The molecule has 1 unspecified atom stereocenters. The molecule has 3 aromatic carbocycles. The van der Waals surface area contributed by atoms with Gasteiger partial charge in [0.05, 0.1) is 19.4 Å². The van der Waals surface area contributed by atoms with Crippen LogP contribution in [0.5, 0.6) is 0 Å². The van der Waals surface area contributed by atoms with E-state index in [0.717, 1.165) is 25.7 Å². The summed E-state index contributed by atoms with van der Waals surface area (Å²) in [4.78, 5) is 14.3. The third-order valence-electron chi connectivity index (χ3n) is 11.6. The SMILES string of the molecule is CC(C)c1c2c([c-]c3ccccc13)-c1c3c(cc[n+]1C)C=C(c1ccc([Si](C)(C)C)cc1)C3(C)N2C.CCC(CC)C(=O)/C=C(\O)C(CC)CC.[Ir]. The molecule has 2 aliphatic rings. The third-order valence-corrected chi connectivity index (χ3v) is 13.7. The fraction of sp³-hybridized carbons (Fsp3) is 0.435. The van der Waals surface area contributed by atoms with Gasteiger partial charge in [-0.2, -0.15) is 0 Å². The number of rotatable bonds is 10. The minimum absolute atomic E-state index is 0.